The summed E-state index contributed by atoms with van der Waals surface area (Å²) in [6.07, 6.45) is 0. The zero-order valence-electron chi connectivity index (χ0n) is 9.85. The summed E-state index contributed by atoms with van der Waals surface area (Å²) in [6.45, 7) is 5.08. The monoisotopic (exact) mass is 222 g/mol. The van der Waals surface area contributed by atoms with Gasteiger partial charge in [-0.25, -0.2) is 0 Å². The Morgan fingerprint density at radius 3 is 2.25 bits per heavy atom. The van der Waals surface area contributed by atoms with Crippen molar-refractivity contribution in [2.45, 2.75) is 13.2 Å². The number of benzene rings is 1. The van der Waals surface area contributed by atoms with Crippen LogP contribution in [-0.4, -0.2) is 42.9 Å². The molecule has 0 bridgehead atoms. The van der Waals surface area contributed by atoms with Crippen LogP contribution in [0.4, 0.5) is 0 Å². The standard InChI is InChI=1S/C13H20NO2/c1-14(6-8-16-9-7-14)10-12-2-4-13(11-15)5-3-12/h2-5,15H,6-11H2,1H3/q+1. The summed E-state index contributed by atoms with van der Waals surface area (Å²) in [4.78, 5) is 0. The second-order valence-corrected chi connectivity index (χ2v) is 4.81. The third-order valence-corrected chi connectivity index (χ3v) is 3.32. The molecule has 0 aromatic heterocycles. The Kier molecular flexibility index (Phi) is 3.59. The van der Waals surface area contributed by atoms with Crippen LogP contribution >= 0.6 is 0 Å². The van der Waals surface area contributed by atoms with Gasteiger partial charge >= 0.3 is 0 Å². The molecule has 1 N–H and O–H groups in total. The number of quaternary nitrogens is 1. The van der Waals surface area contributed by atoms with Gasteiger partial charge in [-0.05, 0) is 5.56 Å². The molecule has 1 fully saturated rings. The van der Waals surface area contributed by atoms with Crippen molar-refractivity contribution in [3.05, 3.63) is 35.4 Å². The van der Waals surface area contributed by atoms with Crippen LogP contribution in [0.5, 0.6) is 0 Å². The Hall–Kier alpha value is -0.900. The Balaban J connectivity index is 2.01. The van der Waals surface area contributed by atoms with Gasteiger partial charge in [-0.15, -0.1) is 0 Å². The van der Waals surface area contributed by atoms with Crippen LogP contribution in [0.25, 0.3) is 0 Å². The van der Waals surface area contributed by atoms with Gasteiger partial charge in [0.15, 0.2) is 0 Å². The van der Waals surface area contributed by atoms with Crippen LogP contribution in [0, 0.1) is 0 Å². The highest BCUT2D eigenvalue weighted by molar-refractivity contribution is 5.21. The van der Waals surface area contributed by atoms with Crippen LogP contribution in [0.15, 0.2) is 24.3 Å². The molecule has 0 atom stereocenters. The first-order chi connectivity index (χ1) is 7.72. The lowest BCUT2D eigenvalue weighted by Gasteiger charge is -2.37. The number of nitrogens with zero attached hydrogens (tertiary/aromatic N) is 1. The lowest BCUT2D eigenvalue weighted by molar-refractivity contribution is -0.929. The van der Waals surface area contributed by atoms with Crippen molar-refractivity contribution in [1.29, 1.82) is 0 Å². The maximum atomic E-state index is 8.98. The molecule has 1 aliphatic heterocycles. The first kappa shape index (κ1) is 11.6. The Bertz CT molecular complexity index is 328. The van der Waals surface area contributed by atoms with E-state index in [9.17, 15) is 0 Å². The van der Waals surface area contributed by atoms with Crippen LogP contribution < -0.4 is 0 Å². The molecule has 0 saturated carbocycles. The van der Waals surface area contributed by atoms with E-state index in [0.29, 0.717) is 0 Å². The summed E-state index contributed by atoms with van der Waals surface area (Å²) in [5.74, 6) is 0. The van der Waals surface area contributed by atoms with Crippen LogP contribution in [0.3, 0.4) is 0 Å². The molecule has 88 valence electrons. The SMILES string of the molecule is C[N+]1(Cc2ccc(CO)cc2)CCOCC1. The van der Waals surface area contributed by atoms with Gasteiger partial charge in [-0.3, -0.25) is 0 Å². The summed E-state index contributed by atoms with van der Waals surface area (Å²) in [5, 5.41) is 8.98. The van der Waals surface area contributed by atoms with Crippen molar-refractivity contribution < 1.29 is 14.3 Å². The van der Waals surface area contributed by atoms with Gasteiger partial charge in [0, 0.05) is 5.56 Å². The van der Waals surface area contributed by atoms with E-state index in [0.717, 1.165) is 42.9 Å². The molecule has 0 amide bonds. The number of aliphatic hydroxyl groups is 1. The molecule has 1 aliphatic rings. The third-order valence-electron chi connectivity index (χ3n) is 3.32. The number of aliphatic hydroxyl groups excluding tert-OH is 1. The number of hydrogen-bond acceptors (Lipinski definition) is 2. The van der Waals surface area contributed by atoms with Gasteiger partial charge in [0.2, 0.25) is 0 Å². The molecule has 0 spiro atoms. The van der Waals surface area contributed by atoms with Crippen molar-refractivity contribution in [3.63, 3.8) is 0 Å². The summed E-state index contributed by atoms with van der Waals surface area (Å²) in [5.41, 5.74) is 2.31. The Morgan fingerprint density at radius 1 is 1.12 bits per heavy atom. The van der Waals surface area contributed by atoms with Crippen molar-refractivity contribution in [2.24, 2.45) is 0 Å². The summed E-state index contributed by atoms with van der Waals surface area (Å²) >= 11 is 0. The van der Waals surface area contributed by atoms with E-state index in [-0.39, 0.29) is 6.61 Å². The topological polar surface area (TPSA) is 29.5 Å². The number of hydrogen-bond donors (Lipinski definition) is 1. The largest absolute Gasteiger partial charge is 0.392 e. The first-order valence-corrected chi connectivity index (χ1v) is 5.82. The molecule has 3 heteroatoms. The molecule has 16 heavy (non-hydrogen) atoms. The van der Waals surface area contributed by atoms with E-state index in [4.69, 9.17) is 9.84 Å². The summed E-state index contributed by atoms with van der Waals surface area (Å²) < 4.78 is 6.44. The van der Waals surface area contributed by atoms with Crippen molar-refractivity contribution >= 4 is 0 Å². The van der Waals surface area contributed by atoms with E-state index in [1.54, 1.807) is 0 Å². The minimum absolute atomic E-state index is 0.125. The lowest BCUT2D eigenvalue weighted by Crippen LogP contribution is -2.51. The van der Waals surface area contributed by atoms with Crippen molar-refractivity contribution in [2.75, 3.05) is 33.4 Å². The van der Waals surface area contributed by atoms with Crippen LogP contribution in [0.2, 0.25) is 0 Å². The quantitative estimate of drug-likeness (QED) is 0.778. The van der Waals surface area contributed by atoms with Gasteiger partial charge in [-0.1, -0.05) is 24.3 Å². The molecular formula is C13H20NO2+. The summed E-state index contributed by atoms with van der Waals surface area (Å²) in [7, 11) is 2.28. The number of rotatable bonds is 3. The fourth-order valence-electron chi connectivity index (χ4n) is 2.13. The minimum Gasteiger partial charge on any atom is -0.392 e. The number of morpholine rings is 1. The zero-order valence-corrected chi connectivity index (χ0v) is 9.85. The van der Waals surface area contributed by atoms with Crippen LogP contribution in [-0.2, 0) is 17.9 Å². The average Bonchev–Trinajstić information content (AvgIpc) is 2.30. The van der Waals surface area contributed by atoms with E-state index in [1.807, 2.05) is 12.1 Å². The van der Waals surface area contributed by atoms with Crippen LogP contribution in [0.1, 0.15) is 11.1 Å². The predicted octanol–water partition coefficient (Wildman–Crippen LogP) is 1.16. The molecule has 1 aromatic carbocycles. The van der Waals surface area contributed by atoms with E-state index in [1.165, 1.54) is 5.56 Å². The highest BCUT2D eigenvalue weighted by Gasteiger charge is 2.25. The molecule has 0 radical (unpaired) electrons. The van der Waals surface area contributed by atoms with Gasteiger partial charge in [0.25, 0.3) is 0 Å². The molecule has 2 rings (SSSR count). The molecular weight excluding hydrogens is 202 g/mol. The van der Waals surface area contributed by atoms with Gasteiger partial charge in [-0.2, -0.15) is 0 Å². The number of ether oxygens (including phenoxy) is 1. The van der Waals surface area contributed by atoms with Crippen molar-refractivity contribution in [3.8, 4) is 0 Å². The van der Waals surface area contributed by atoms with E-state index in [2.05, 4.69) is 19.2 Å². The van der Waals surface area contributed by atoms with E-state index >= 15 is 0 Å². The zero-order chi connectivity index (χ0) is 11.4. The number of likely N-dealkylation sites (N-methyl/N-ethyl adjacent to an activating group) is 1. The Labute approximate surface area is 96.9 Å². The second kappa shape index (κ2) is 4.95. The molecule has 3 nitrogen and oxygen atoms in total. The smallest absolute Gasteiger partial charge is 0.104 e. The normalized spacial score (nSPS) is 19.6. The molecule has 1 saturated heterocycles. The molecule has 0 unspecified atom stereocenters. The Morgan fingerprint density at radius 2 is 1.69 bits per heavy atom. The van der Waals surface area contributed by atoms with Gasteiger partial charge < -0.3 is 14.3 Å². The average molecular weight is 222 g/mol. The van der Waals surface area contributed by atoms with Gasteiger partial charge in [0.1, 0.15) is 19.6 Å². The summed E-state index contributed by atoms with van der Waals surface area (Å²) in [6, 6.07) is 8.24. The minimum atomic E-state index is 0.125. The fourth-order valence-corrected chi connectivity index (χ4v) is 2.13. The highest BCUT2D eigenvalue weighted by atomic mass is 16.5. The van der Waals surface area contributed by atoms with E-state index < -0.39 is 0 Å². The third kappa shape index (κ3) is 2.82. The fraction of sp³-hybridized carbons (Fsp3) is 0.538. The maximum Gasteiger partial charge on any atom is 0.104 e. The lowest BCUT2D eigenvalue weighted by atomic mass is 10.1. The van der Waals surface area contributed by atoms with Gasteiger partial charge in [0.05, 0.1) is 26.9 Å². The predicted molar refractivity (Wildman–Crippen MR) is 62.8 cm³/mol. The first-order valence-electron chi connectivity index (χ1n) is 5.82. The molecule has 0 aliphatic carbocycles. The molecule has 1 aromatic rings. The highest BCUT2D eigenvalue weighted by Crippen LogP contribution is 2.15. The van der Waals surface area contributed by atoms with Crippen molar-refractivity contribution in [1.82, 2.24) is 0 Å². The second-order valence-electron chi connectivity index (χ2n) is 4.81. The molecule has 1 heterocycles. The maximum absolute atomic E-state index is 8.98.